The fourth-order valence-electron chi connectivity index (χ4n) is 3.58. The van der Waals surface area contributed by atoms with Crippen molar-refractivity contribution in [2.75, 3.05) is 44.6 Å². The standard InChI is InChI=1S/C21H24N4O5S/c1-29-18-6-3-14(11-15(18)12-26)17-5-4-16-20(22-17)23-19(13-31(2,27)28)24-21(16)25-7-9-30-10-8-25/h3-6,11,26H,7-10,12-13H2,1-2H3. The number of nitrogens with zero attached hydrogens (tertiary/aromatic N) is 4. The van der Waals surface area contributed by atoms with Crippen LogP contribution in [0.1, 0.15) is 11.4 Å². The predicted octanol–water partition coefficient (Wildman–Crippen LogP) is 1.57. The molecule has 10 heteroatoms. The summed E-state index contributed by atoms with van der Waals surface area (Å²) in [4.78, 5) is 15.8. The number of aliphatic hydroxyl groups is 1. The molecule has 0 amide bonds. The number of ether oxygens (including phenoxy) is 2. The molecule has 1 saturated heterocycles. The van der Waals surface area contributed by atoms with Crippen LogP contribution in [0.25, 0.3) is 22.3 Å². The van der Waals surface area contributed by atoms with Gasteiger partial charge in [-0.3, -0.25) is 0 Å². The zero-order valence-electron chi connectivity index (χ0n) is 17.4. The van der Waals surface area contributed by atoms with Gasteiger partial charge in [-0.2, -0.15) is 0 Å². The van der Waals surface area contributed by atoms with Gasteiger partial charge in [-0.1, -0.05) is 0 Å². The van der Waals surface area contributed by atoms with Gasteiger partial charge in [0.25, 0.3) is 0 Å². The van der Waals surface area contributed by atoms with Crippen LogP contribution in [0.15, 0.2) is 30.3 Å². The quantitative estimate of drug-likeness (QED) is 0.605. The van der Waals surface area contributed by atoms with E-state index in [1.165, 1.54) is 0 Å². The maximum Gasteiger partial charge on any atom is 0.165 e. The summed E-state index contributed by atoms with van der Waals surface area (Å²) in [5, 5.41) is 10.4. The molecule has 0 atom stereocenters. The largest absolute Gasteiger partial charge is 0.496 e. The van der Waals surface area contributed by atoms with Gasteiger partial charge in [0.1, 0.15) is 23.1 Å². The second-order valence-corrected chi connectivity index (χ2v) is 9.53. The molecule has 3 aromatic rings. The summed E-state index contributed by atoms with van der Waals surface area (Å²) < 4.78 is 34.5. The normalized spacial score (nSPS) is 14.7. The maximum absolute atomic E-state index is 11.9. The molecule has 4 rings (SSSR count). The van der Waals surface area contributed by atoms with Crippen molar-refractivity contribution in [1.29, 1.82) is 0 Å². The predicted molar refractivity (Wildman–Crippen MR) is 117 cm³/mol. The third-order valence-electron chi connectivity index (χ3n) is 5.03. The molecule has 164 valence electrons. The number of pyridine rings is 1. The Balaban J connectivity index is 1.84. The molecule has 0 radical (unpaired) electrons. The Morgan fingerprint density at radius 2 is 1.90 bits per heavy atom. The zero-order chi connectivity index (χ0) is 22.0. The summed E-state index contributed by atoms with van der Waals surface area (Å²) in [6.45, 7) is 2.31. The molecule has 0 saturated carbocycles. The van der Waals surface area contributed by atoms with Crippen LogP contribution in [0, 0.1) is 0 Å². The molecule has 1 aliphatic rings. The Morgan fingerprint density at radius 3 is 2.58 bits per heavy atom. The van der Waals surface area contributed by atoms with Gasteiger partial charge in [-0.05, 0) is 30.3 Å². The summed E-state index contributed by atoms with van der Waals surface area (Å²) in [6.07, 6.45) is 1.16. The van der Waals surface area contributed by atoms with E-state index < -0.39 is 9.84 Å². The fraction of sp³-hybridized carbons (Fsp3) is 0.381. The molecule has 9 nitrogen and oxygen atoms in total. The van der Waals surface area contributed by atoms with E-state index in [1.54, 1.807) is 13.2 Å². The molecule has 2 aromatic heterocycles. The first-order valence-electron chi connectivity index (χ1n) is 9.84. The van der Waals surface area contributed by atoms with Crippen LogP contribution in [0.5, 0.6) is 5.75 Å². The van der Waals surface area contributed by atoms with Crippen molar-refractivity contribution in [3.63, 3.8) is 0 Å². The highest BCUT2D eigenvalue weighted by Gasteiger charge is 2.20. The van der Waals surface area contributed by atoms with Crippen molar-refractivity contribution in [1.82, 2.24) is 15.0 Å². The van der Waals surface area contributed by atoms with Crippen molar-refractivity contribution >= 4 is 26.7 Å². The highest BCUT2D eigenvalue weighted by Crippen LogP contribution is 2.29. The lowest BCUT2D eigenvalue weighted by atomic mass is 10.1. The van der Waals surface area contributed by atoms with Gasteiger partial charge < -0.3 is 19.5 Å². The van der Waals surface area contributed by atoms with Crippen molar-refractivity contribution in [2.45, 2.75) is 12.4 Å². The Hall–Kier alpha value is -2.82. The smallest absolute Gasteiger partial charge is 0.165 e. The van der Waals surface area contributed by atoms with Gasteiger partial charge in [-0.15, -0.1) is 0 Å². The van der Waals surface area contributed by atoms with Gasteiger partial charge in [0, 0.05) is 30.5 Å². The van der Waals surface area contributed by atoms with E-state index in [4.69, 9.17) is 14.5 Å². The van der Waals surface area contributed by atoms with Crippen LogP contribution in [0.4, 0.5) is 5.82 Å². The minimum absolute atomic E-state index is 0.160. The summed E-state index contributed by atoms with van der Waals surface area (Å²) >= 11 is 0. The number of fused-ring (bicyclic) bond motifs is 1. The molecule has 1 N–H and O–H groups in total. The van der Waals surface area contributed by atoms with Crippen LogP contribution >= 0.6 is 0 Å². The average Bonchev–Trinajstić information content (AvgIpc) is 2.77. The molecule has 1 aromatic carbocycles. The van der Waals surface area contributed by atoms with Crippen LogP contribution in [0.3, 0.4) is 0 Å². The number of hydrogen-bond donors (Lipinski definition) is 1. The van der Waals surface area contributed by atoms with Crippen molar-refractivity contribution < 1.29 is 23.0 Å². The number of aromatic nitrogens is 3. The van der Waals surface area contributed by atoms with E-state index in [0.29, 0.717) is 54.8 Å². The van der Waals surface area contributed by atoms with Crippen LogP contribution in [0.2, 0.25) is 0 Å². The highest BCUT2D eigenvalue weighted by atomic mass is 32.2. The number of methoxy groups -OCH3 is 1. The molecule has 0 bridgehead atoms. The van der Waals surface area contributed by atoms with Gasteiger partial charge in [-0.25, -0.2) is 23.4 Å². The average molecular weight is 445 g/mol. The van der Waals surface area contributed by atoms with Crippen LogP contribution < -0.4 is 9.64 Å². The minimum atomic E-state index is -3.31. The topological polar surface area (TPSA) is 115 Å². The second kappa shape index (κ2) is 8.74. The lowest BCUT2D eigenvalue weighted by Crippen LogP contribution is -2.37. The van der Waals surface area contributed by atoms with Gasteiger partial charge >= 0.3 is 0 Å². The third-order valence-corrected chi connectivity index (χ3v) is 5.82. The van der Waals surface area contributed by atoms with Gasteiger partial charge in [0.05, 0.1) is 38.0 Å². The Kier molecular flexibility index (Phi) is 6.03. The molecule has 3 heterocycles. The number of anilines is 1. The van der Waals surface area contributed by atoms with Crippen molar-refractivity contribution in [3.8, 4) is 17.0 Å². The monoisotopic (exact) mass is 444 g/mol. The van der Waals surface area contributed by atoms with E-state index in [0.717, 1.165) is 17.2 Å². The lowest BCUT2D eigenvalue weighted by molar-refractivity contribution is 0.122. The van der Waals surface area contributed by atoms with Crippen LogP contribution in [-0.4, -0.2) is 68.1 Å². The number of aliphatic hydroxyl groups excluding tert-OH is 1. The van der Waals surface area contributed by atoms with Crippen molar-refractivity contribution in [2.24, 2.45) is 0 Å². The van der Waals surface area contributed by atoms with Gasteiger partial charge in [0.15, 0.2) is 15.5 Å². The minimum Gasteiger partial charge on any atom is -0.496 e. The van der Waals surface area contributed by atoms with E-state index in [2.05, 4.69) is 14.9 Å². The van der Waals surface area contributed by atoms with Gasteiger partial charge in [0.2, 0.25) is 0 Å². The number of sulfone groups is 1. The highest BCUT2D eigenvalue weighted by molar-refractivity contribution is 7.89. The molecule has 1 fully saturated rings. The first-order valence-corrected chi connectivity index (χ1v) is 11.9. The maximum atomic E-state index is 11.9. The molecular formula is C21H24N4O5S. The number of rotatable bonds is 6. The first kappa shape index (κ1) is 21.4. The van der Waals surface area contributed by atoms with E-state index in [-0.39, 0.29) is 18.2 Å². The Bertz CT molecular complexity index is 1210. The summed E-state index contributed by atoms with van der Waals surface area (Å²) in [6, 6.07) is 9.22. The Morgan fingerprint density at radius 1 is 1.13 bits per heavy atom. The third kappa shape index (κ3) is 4.76. The van der Waals surface area contributed by atoms with E-state index >= 15 is 0 Å². The molecule has 0 aliphatic carbocycles. The molecule has 0 unspecified atom stereocenters. The summed E-state index contributed by atoms with van der Waals surface area (Å²) in [5.74, 6) is 1.21. The van der Waals surface area contributed by atoms with Crippen LogP contribution in [-0.2, 0) is 26.9 Å². The summed E-state index contributed by atoms with van der Waals surface area (Å²) in [5.41, 5.74) is 2.52. The molecule has 31 heavy (non-hydrogen) atoms. The molecular weight excluding hydrogens is 420 g/mol. The SMILES string of the molecule is COc1ccc(-c2ccc3c(N4CCOCC4)nc(CS(C)(=O)=O)nc3n2)cc1CO. The number of benzene rings is 1. The van der Waals surface area contributed by atoms with E-state index in [9.17, 15) is 13.5 Å². The molecule has 0 spiro atoms. The number of morpholine rings is 1. The molecule has 1 aliphatic heterocycles. The second-order valence-electron chi connectivity index (χ2n) is 7.39. The number of hydrogen-bond acceptors (Lipinski definition) is 9. The zero-order valence-corrected chi connectivity index (χ0v) is 18.2. The van der Waals surface area contributed by atoms with E-state index in [1.807, 2.05) is 24.3 Å². The fourth-order valence-corrected chi connectivity index (χ4v) is 4.17. The lowest BCUT2D eigenvalue weighted by Gasteiger charge is -2.28. The summed E-state index contributed by atoms with van der Waals surface area (Å²) in [7, 11) is -1.76. The Labute approximate surface area is 180 Å². The first-order chi connectivity index (χ1) is 14.9. The van der Waals surface area contributed by atoms with Crippen molar-refractivity contribution in [3.05, 3.63) is 41.7 Å².